The van der Waals surface area contributed by atoms with Crippen LogP contribution in [0.25, 0.3) is 0 Å². The minimum atomic E-state index is -0.682. The van der Waals surface area contributed by atoms with Gasteiger partial charge in [-0.2, -0.15) is 0 Å². The van der Waals surface area contributed by atoms with Gasteiger partial charge in [-0.05, 0) is 45.6 Å². The largest absolute Gasteiger partial charge is 0.481 e. The number of carboxylic acids is 1. The van der Waals surface area contributed by atoms with E-state index in [1.165, 1.54) is 25.7 Å². The summed E-state index contributed by atoms with van der Waals surface area (Å²) in [5, 5.41) is 9.18. The molecule has 18 heavy (non-hydrogen) atoms. The highest BCUT2D eigenvalue weighted by Crippen LogP contribution is 2.27. The standard InChI is InChI=1S/C15H29NO2/c1-12(2)11-16(13-7-5-6-8-13)10-9-15(3,4)14(17)18/h12-13H,5-11H2,1-4H3,(H,17,18). The third kappa shape index (κ3) is 4.60. The fourth-order valence-electron chi connectivity index (χ4n) is 2.69. The lowest BCUT2D eigenvalue weighted by atomic mass is 9.89. The van der Waals surface area contributed by atoms with Crippen molar-refractivity contribution in [2.75, 3.05) is 13.1 Å². The van der Waals surface area contributed by atoms with Gasteiger partial charge in [0.25, 0.3) is 0 Å². The van der Waals surface area contributed by atoms with Crippen molar-refractivity contribution in [3.05, 3.63) is 0 Å². The Balaban J connectivity index is 2.53. The van der Waals surface area contributed by atoms with Gasteiger partial charge in [0.2, 0.25) is 0 Å². The predicted molar refractivity (Wildman–Crippen MR) is 74.7 cm³/mol. The molecule has 3 heteroatoms. The van der Waals surface area contributed by atoms with Gasteiger partial charge in [0.05, 0.1) is 5.41 Å². The molecule has 0 heterocycles. The summed E-state index contributed by atoms with van der Waals surface area (Å²) >= 11 is 0. The molecule has 1 N–H and O–H groups in total. The van der Waals surface area contributed by atoms with Crippen molar-refractivity contribution in [3.8, 4) is 0 Å². The highest BCUT2D eigenvalue weighted by molar-refractivity contribution is 5.73. The molecule has 0 aromatic carbocycles. The first-order chi connectivity index (χ1) is 8.33. The van der Waals surface area contributed by atoms with Crippen LogP contribution >= 0.6 is 0 Å². The maximum atomic E-state index is 11.2. The molecule has 0 spiro atoms. The molecule has 1 aliphatic carbocycles. The van der Waals surface area contributed by atoms with E-state index in [0.717, 1.165) is 19.5 Å². The molecule has 3 nitrogen and oxygen atoms in total. The Bertz CT molecular complexity index is 268. The number of nitrogens with zero attached hydrogens (tertiary/aromatic N) is 1. The molecule has 1 aliphatic rings. The van der Waals surface area contributed by atoms with Crippen LogP contribution in [0.5, 0.6) is 0 Å². The monoisotopic (exact) mass is 255 g/mol. The van der Waals surface area contributed by atoms with Crippen molar-refractivity contribution >= 4 is 5.97 Å². The number of rotatable bonds is 7. The third-order valence-corrected chi connectivity index (χ3v) is 4.04. The topological polar surface area (TPSA) is 40.5 Å². The fourth-order valence-corrected chi connectivity index (χ4v) is 2.69. The number of aliphatic carboxylic acids is 1. The average Bonchev–Trinajstić information content (AvgIpc) is 2.76. The fraction of sp³-hybridized carbons (Fsp3) is 0.933. The Hall–Kier alpha value is -0.570. The quantitative estimate of drug-likeness (QED) is 0.758. The van der Waals surface area contributed by atoms with E-state index in [-0.39, 0.29) is 0 Å². The molecule has 0 radical (unpaired) electrons. The van der Waals surface area contributed by atoms with Gasteiger partial charge < -0.3 is 10.0 Å². The van der Waals surface area contributed by atoms with Crippen molar-refractivity contribution in [3.63, 3.8) is 0 Å². The molecule has 0 atom stereocenters. The Kier molecular flexibility index (Phi) is 5.64. The second kappa shape index (κ2) is 6.55. The molecule has 0 amide bonds. The maximum Gasteiger partial charge on any atom is 0.309 e. The molecule has 0 aliphatic heterocycles. The maximum absolute atomic E-state index is 11.2. The van der Waals surface area contributed by atoms with Crippen LogP contribution in [0.3, 0.4) is 0 Å². The summed E-state index contributed by atoms with van der Waals surface area (Å²) in [4.78, 5) is 13.7. The highest BCUT2D eigenvalue weighted by Gasteiger charge is 2.30. The zero-order valence-electron chi connectivity index (χ0n) is 12.4. The van der Waals surface area contributed by atoms with Gasteiger partial charge in [0.15, 0.2) is 0 Å². The van der Waals surface area contributed by atoms with E-state index in [9.17, 15) is 9.90 Å². The van der Waals surface area contributed by atoms with Gasteiger partial charge in [0, 0.05) is 12.6 Å². The second-order valence-electron chi connectivity index (χ2n) is 6.77. The Morgan fingerprint density at radius 1 is 1.33 bits per heavy atom. The van der Waals surface area contributed by atoms with Gasteiger partial charge in [0.1, 0.15) is 0 Å². The minimum Gasteiger partial charge on any atom is -0.481 e. The van der Waals surface area contributed by atoms with Crippen LogP contribution in [0, 0.1) is 11.3 Å². The summed E-state index contributed by atoms with van der Waals surface area (Å²) in [6.07, 6.45) is 6.00. The molecule has 1 fully saturated rings. The number of carboxylic acid groups (broad SMARTS) is 1. The summed E-state index contributed by atoms with van der Waals surface area (Å²) in [5.41, 5.74) is -0.603. The highest BCUT2D eigenvalue weighted by atomic mass is 16.4. The lowest BCUT2D eigenvalue weighted by Gasteiger charge is -2.32. The molecule has 0 unspecified atom stereocenters. The zero-order chi connectivity index (χ0) is 13.8. The Morgan fingerprint density at radius 2 is 1.89 bits per heavy atom. The van der Waals surface area contributed by atoms with Gasteiger partial charge in [-0.1, -0.05) is 26.7 Å². The molecule has 1 saturated carbocycles. The lowest BCUT2D eigenvalue weighted by molar-refractivity contribution is -0.147. The number of hydrogen-bond donors (Lipinski definition) is 1. The van der Waals surface area contributed by atoms with E-state index in [2.05, 4.69) is 18.7 Å². The summed E-state index contributed by atoms with van der Waals surface area (Å²) in [7, 11) is 0. The summed E-state index contributed by atoms with van der Waals surface area (Å²) in [5.74, 6) is -0.0306. The van der Waals surface area contributed by atoms with Crippen LogP contribution in [0.2, 0.25) is 0 Å². The van der Waals surface area contributed by atoms with Gasteiger partial charge in [-0.3, -0.25) is 4.79 Å². The first kappa shape index (κ1) is 15.5. The molecule has 1 rings (SSSR count). The predicted octanol–water partition coefficient (Wildman–Crippen LogP) is 3.39. The van der Waals surface area contributed by atoms with Gasteiger partial charge in [-0.25, -0.2) is 0 Å². The first-order valence-corrected chi connectivity index (χ1v) is 7.30. The molecule has 0 saturated heterocycles. The van der Waals surface area contributed by atoms with E-state index >= 15 is 0 Å². The van der Waals surface area contributed by atoms with Gasteiger partial charge >= 0.3 is 5.97 Å². The summed E-state index contributed by atoms with van der Waals surface area (Å²) in [6, 6.07) is 0.692. The third-order valence-electron chi connectivity index (χ3n) is 4.04. The number of carbonyl (C=O) groups is 1. The number of hydrogen-bond acceptors (Lipinski definition) is 2. The van der Waals surface area contributed by atoms with Gasteiger partial charge in [-0.15, -0.1) is 0 Å². The second-order valence-corrected chi connectivity index (χ2v) is 6.77. The van der Waals surface area contributed by atoms with Crippen LogP contribution in [0.4, 0.5) is 0 Å². The first-order valence-electron chi connectivity index (χ1n) is 7.30. The van der Waals surface area contributed by atoms with Crippen molar-refractivity contribution in [2.24, 2.45) is 11.3 Å². The van der Waals surface area contributed by atoms with E-state index in [4.69, 9.17) is 0 Å². The molecule has 106 valence electrons. The van der Waals surface area contributed by atoms with E-state index in [1.54, 1.807) is 0 Å². The average molecular weight is 255 g/mol. The van der Waals surface area contributed by atoms with Crippen molar-refractivity contribution in [1.29, 1.82) is 0 Å². The Morgan fingerprint density at radius 3 is 2.33 bits per heavy atom. The van der Waals surface area contributed by atoms with Crippen LogP contribution in [0.15, 0.2) is 0 Å². The minimum absolute atomic E-state index is 0.603. The molecular weight excluding hydrogens is 226 g/mol. The molecular formula is C15H29NO2. The molecule has 0 bridgehead atoms. The normalized spacial score (nSPS) is 17.9. The molecule has 0 aromatic rings. The summed E-state index contributed by atoms with van der Waals surface area (Å²) in [6.45, 7) is 10.2. The smallest absolute Gasteiger partial charge is 0.309 e. The van der Waals surface area contributed by atoms with Crippen LogP contribution in [-0.4, -0.2) is 35.1 Å². The SMILES string of the molecule is CC(C)CN(CCC(C)(C)C(=O)O)C1CCCC1. The van der Waals surface area contributed by atoms with E-state index in [0.29, 0.717) is 12.0 Å². The van der Waals surface area contributed by atoms with Crippen LogP contribution in [-0.2, 0) is 4.79 Å². The summed E-state index contributed by atoms with van der Waals surface area (Å²) < 4.78 is 0. The van der Waals surface area contributed by atoms with Crippen LogP contribution < -0.4 is 0 Å². The van der Waals surface area contributed by atoms with E-state index in [1.807, 2.05) is 13.8 Å². The zero-order valence-corrected chi connectivity index (χ0v) is 12.4. The van der Waals surface area contributed by atoms with Crippen molar-refractivity contribution in [1.82, 2.24) is 4.90 Å². The van der Waals surface area contributed by atoms with Crippen molar-refractivity contribution in [2.45, 2.75) is 65.8 Å². The Labute approximate surface area is 112 Å². The molecule has 0 aromatic heterocycles. The van der Waals surface area contributed by atoms with Crippen molar-refractivity contribution < 1.29 is 9.90 Å². The van der Waals surface area contributed by atoms with E-state index < -0.39 is 11.4 Å². The van der Waals surface area contributed by atoms with Crippen LogP contribution in [0.1, 0.15) is 59.8 Å². The lowest BCUT2D eigenvalue weighted by Crippen LogP contribution is -2.39.